The van der Waals surface area contributed by atoms with E-state index in [1.54, 1.807) is 18.7 Å². The molecule has 35 heavy (non-hydrogen) atoms. The third-order valence-corrected chi connectivity index (χ3v) is 7.17. The highest BCUT2D eigenvalue weighted by atomic mass is 15.3. The number of aromatic nitrogens is 6. The van der Waals surface area contributed by atoms with Gasteiger partial charge in [0.05, 0.1) is 36.0 Å². The zero-order valence-electron chi connectivity index (χ0n) is 19.0. The fourth-order valence-electron chi connectivity index (χ4n) is 5.24. The predicted molar refractivity (Wildman–Crippen MR) is 130 cm³/mol. The maximum absolute atomic E-state index is 9.93. The average molecular weight is 462 g/mol. The highest BCUT2D eigenvalue weighted by Gasteiger charge is 2.33. The minimum atomic E-state index is -0.0782. The number of anilines is 1. The Morgan fingerprint density at radius 2 is 2.11 bits per heavy atom. The normalized spacial score (nSPS) is 19.9. The Hall–Kier alpha value is -4.50. The van der Waals surface area contributed by atoms with Gasteiger partial charge in [-0.25, -0.2) is 15.0 Å². The molecule has 3 atom stereocenters. The second-order valence-corrected chi connectivity index (χ2v) is 9.08. The molecule has 3 unspecified atom stereocenters. The molecule has 1 saturated heterocycles. The first-order valence-corrected chi connectivity index (χ1v) is 11.8. The standard InChI is InChI=1S/C26H23N9/c27-8-4-23(35-15-19(13-33-35)24-21-6-9-29-25(21)32-16-31-24)18-7-11-34(14-18)26-22(12-28)20(5-10-30-26)17-2-1-3-17/h1-2,5-6,9-10,13,15-18,23H,3-4,7,11,14H2,(H,29,31,32). The van der Waals surface area contributed by atoms with Crippen molar-refractivity contribution in [3.05, 3.63) is 66.5 Å². The first-order chi connectivity index (χ1) is 17.3. The minimum absolute atomic E-state index is 0.0782. The van der Waals surface area contributed by atoms with Gasteiger partial charge in [-0.2, -0.15) is 15.6 Å². The second-order valence-electron chi connectivity index (χ2n) is 9.08. The fourth-order valence-corrected chi connectivity index (χ4v) is 5.24. The molecule has 9 heteroatoms. The van der Waals surface area contributed by atoms with Gasteiger partial charge in [-0.3, -0.25) is 4.68 Å². The Bertz CT molecular complexity index is 1500. The van der Waals surface area contributed by atoms with E-state index in [9.17, 15) is 10.5 Å². The van der Waals surface area contributed by atoms with Gasteiger partial charge in [-0.05, 0) is 30.5 Å². The summed E-state index contributed by atoms with van der Waals surface area (Å²) in [5.41, 5.74) is 4.21. The summed E-state index contributed by atoms with van der Waals surface area (Å²) < 4.78 is 1.90. The second kappa shape index (κ2) is 8.69. The Morgan fingerprint density at radius 1 is 1.20 bits per heavy atom. The molecule has 1 aliphatic carbocycles. The fraction of sp³-hybridized carbons (Fsp3) is 0.308. The van der Waals surface area contributed by atoms with Crippen LogP contribution in [0.1, 0.15) is 42.3 Å². The Kier molecular flexibility index (Phi) is 5.23. The molecule has 172 valence electrons. The number of rotatable bonds is 6. The van der Waals surface area contributed by atoms with Gasteiger partial charge in [0.25, 0.3) is 0 Å². The van der Waals surface area contributed by atoms with Crippen LogP contribution in [0.4, 0.5) is 5.82 Å². The van der Waals surface area contributed by atoms with Crippen LogP contribution in [0.5, 0.6) is 0 Å². The van der Waals surface area contributed by atoms with Gasteiger partial charge in [0.2, 0.25) is 0 Å². The number of hydrogen-bond acceptors (Lipinski definition) is 7. The lowest BCUT2D eigenvalue weighted by Gasteiger charge is -2.25. The predicted octanol–water partition coefficient (Wildman–Crippen LogP) is 4.11. The molecule has 0 amide bonds. The molecular formula is C26H23N9. The minimum Gasteiger partial charge on any atom is -0.355 e. The lowest BCUT2D eigenvalue weighted by molar-refractivity contribution is 0.332. The highest BCUT2D eigenvalue weighted by molar-refractivity contribution is 5.89. The van der Waals surface area contributed by atoms with Crippen molar-refractivity contribution in [1.29, 1.82) is 10.5 Å². The smallest absolute Gasteiger partial charge is 0.146 e. The van der Waals surface area contributed by atoms with Crippen molar-refractivity contribution in [2.24, 2.45) is 5.92 Å². The molecule has 0 bridgehead atoms. The molecule has 0 aromatic carbocycles. The van der Waals surface area contributed by atoms with Crippen molar-refractivity contribution in [2.75, 3.05) is 18.0 Å². The number of allylic oxidation sites excluding steroid dienone is 2. The molecule has 4 aromatic rings. The summed E-state index contributed by atoms with van der Waals surface area (Å²) >= 11 is 0. The van der Waals surface area contributed by atoms with Gasteiger partial charge in [0.15, 0.2) is 0 Å². The van der Waals surface area contributed by atoms with E-state index in [1.807, 2.05) is 29.2 Å². The van der Waals surface area contributed by atoms with Crippen LogP contribution in [0.15, 0.2) is 55.4 Å². The lowest BCUT2D eigenvalue weighted by Crippen LogP contribution is -2.26. The number of H-pyrrole nitrogens is 1. The number of nitrogens with zero attached hydrogens (tertiary/aromatic N) is 8. The molecule has 1 fully saturated rings. The third kappa shape index (κ3) is 3.62. The van der Waals surface area contributed by atoms with Crippen molar-refractivity contribution < 1.29 is 0 Å². The SMILES string of the molecule is N#CCC(C1CCN(c2nccc(C3C=CC3)c2C#N)C1)n1cc(-c2ncnc3[nH]ccc23)cn1. The van der Waals surface area contributed by atoms with Gasteiger partial charge in [-0.1, -0.05) is 12.2 Å². The zero-order chi connectivity index (χ0) is 23.8. The van der Waals surface area contributed by atoms with E-state index < -0.39 is 0 Å². The Morgan fingerprint density at radius 3 is 2.91 bits per heavy atom. The monoisotopic (exact) mass is 461 g/mol. The maximum atomic E-state index is 9.93. The van der Waals surface area contributed by atoms with E-state index in [-0.39, 0.29) is 12.0 Å². The quantitative estimate of drug-likeness (QED) is 0.429. The van der Waals surface area contributed by atoms with Crippen LogP contribution in [0.3, 0.4) is 0 Å². The van der Waals surface area contributed by atoms with E-state index >= 15 is 0 Å². The molecule has 6 rings (SSSR count). The van der Waals surface area contributed by atoms with E-state index in [0.717, 1.165) is 59.6 Å². The molecule has 0 saturated carbocycles. The lowest BCUT2D eigenvalue weighted by atomic mass is 9.86. The van der Waals surface area contributed by atoms with Crippen LogP contribution in [0, 0.1) is 28.6 Å². The van der Waals surface area contributed by atoms with Gasteiger partial charge >= 0.3 is 0 Å². The number of pyridine rings is 1. The summed E-state index contributed by atoms with van der Waals surface area (Å²) in [6, 6.07) is 8.59. The summed E-state index contributed by atoms with van der Waals surface area (Å²) in [6.07, 6.45) is 15.5. The van der Waals surface area contributed by atoms with Gasteiger partial charge < -0.3 is 9.88 Å². The number of hydrogen-bond donors (Lipinski definition) is 1. The van der Waals surface area contributed by atoms with E-state index in [4.69, 9.17) is 0 Å². The van der Waals surface area contributed by atoms with Gasteiger partial charge in [0.1, 0.15) is 23.9 Å². The van der Waals surface area contributed by atoms with Crippen LogP contribution < -0.4 is 4.90 Å². The molecule has 5 heterocycles. The van der Waals surface area contributed by atoms with Crippen LogP contribution in [-0.2, 0) is 0 Å². The zero-order valence-corrected chi connectivity index (χ0v) is 19.0. The van der Waals surface area contributed by atoms with Crippen molar-refractivity contribution >= 4 is 16.9 Å². The molecule has 1 N–H and O–H groups in total. The van der Waals surface area contributed by atoms with E-state index in [2.05, 4.69) is 54.2 Å². The van der Waals surface area contributed by atoms with Crippen LogP contribution in [-0.4, -0.2) is 42.8 Å². The Balaban J connectivity index is 1.27. The molecule has 1 aliphatic heterocycles. The number of nitriles is 2. The molecular weight excluding hydrogens is 438 g/mol. The van der Waals surface area contributed by atoms with Crippen LogP contribution in [0.25, 0.3) is 22.3 Å². The highest BCUT2D eigenvalue weighted by Crippen LogP contribution is 2.38. The topological polar surface area (TPSA) is 123 Å². The first kappa shape index (κ1) is 21.1. The summed E-state index contributed by atoms with van der Waals surface area (Å²) in [6.45, 7) is 1.52. The number of nitrogens with one attached hydrogen (secondary N) is 1. The largest absolute Gasteiger partial charge is 0.355 e. The first-order valence-electron chi connectivity index (χ1n) is 11.8. The van der Waals surface area contributed by atoms with Gasteiger partial charge in [0, 0.05) is 54.5 Å². The average Bonchev–Trinajstić information content (AvgIpc) is 3.62. The summed E-state index contributed by atoms with van der Waals surface area (Å²) in [4.78, 5) is 18.6. The molecule has 2 aliphatic rings. The Labute approximate surface area is 202 Å². The number of fused-ring (bicyclic) bond motifs is 1. The summed E-state index contributed by atoms with van der Waals surface area (Å²) in [7, 11) is 0. The van der Waals surface area contributed by atoms with Crippen molar-refractivity contribution in [3.63, 3.8) is 0 Å². The van der Waals surface area contributed by atoms with Gasteiger partial charge in [-0.15, -0.1) is 0 Å². The molecule has 0 radical (unpaired) electrons. The summed E-state index contributed by atoms with van der Waals surface area (Å²) in [5, 5.41) is 25.1. The van der Waals surface area contributed by atoms with E-state index in [1.165, 1.54) is 0 Å². The van der Waals surface area contributed by atoms with Crippen LogP contribution >= 0.6 is 0 Å². The van der Waals surface area contributed by atoms with Crippen LogP contribution in [0.2, 0.25) is 0 Å². The maximum Gasteiger partial charge on any atom is 0.146 e. The molecule has 9 nitrogen and oxygen atoms in total. The van der Waals surface area contributed by atoms with Crippen molar-refractivity contribution in [1.82, 2.24) is 29.7 Å². The van der Waals surface area contributed by atoms with E-state index in [0.29, 0.717) is 17.9 Å². The number of aromatic amines is 1. The molecule has 0 spiro atoms. The van der Waals surface area contributed by atoms with Crippen molar-refractivity contribution in [3.8, 4) is 23.4 Å². The third-order valence-electron chi connectivity index (χ3n) is 7.17. The molecule has 4 aromatic heterocycles. The van der Waals surface area contributed by atoms with Crippen molar-refractivity contribution in [2.45, 2.75) is 31.2 Å². The summed E-state index contributed by atoms with van der Waals surface area (Å²) in [5.74, 6) is 1.26.